The average Bonchev–Trinajstić information content (AvgIpc) is 3.04. The molecule has 2 aliphatic rings. The Bertz CT molecular complexity index is 565. The number of hydrogen-bond donors (Lipinski definition) is 2. The molecule has 2 N–H and O–H groups in total. The standard InChI is InChI=1S/C17H28N4O2S/c1-18-16-19-14(11-24-16)10-20-7-2-5-17(12-20)6-4-15(23)21(13-17)8-3-9-22/h11,22H,2-10,12-13H2,1H3,(H,18,19). The molecule has 0 radical (unpaired) electrons. The van der Waals surface area contributed by atoms with Crippen LogP contribution < -0.4 is 5.32 Å². The second-order valence-electron chi connectivity index (χ2n) is 7.10. The first-order valence-corrected chi connectivity index (χ1v) is 9.75. The predicted molar refractivity (Wildman–Crippen MR) is 96.1 cm³/mol. The number of nitrogens with one attached hydrogen (secondary N) is 1. The number of carbonyl (C=O) groups excluding carboxylic acids is 1. The Balaban J connectivity index is 1.62. The highest BCUT2D eigenvalue weighted by atomic mass is 32.1. The number of aliphatic hydroxyl groups is 1. The van der Waals surface area contributed by atoms with E-state index >= 15 is 0 Å². The molecule has 6 nitrogen and oxygen atoms in total. The maximum atomic E-state index is 12.1. The van der Waals surface area contributed by atoms with Crippen LogP contribution in [0.2, 0.25) is 0 Å². The minimum Gasteiger partial charge on any atom is -0.396 e. The molecule has 2 saturated heterocycles. The molecule has 1 aromatic heterocycles. The Morgan fingerprint density at radius 2 is 2.29 bits per heavy atom. The van der Waals surface area contributed by atoms with Gasteiger partial charge in [0, 0.05) is 57.0 Å². The highest BCUT2D eigenvalue weighted by Crippen LogP contribution is 2.39. The van der Waals surface area contributed by atoms with E-state index in [9.17, 15) is 4.79 Å². The van der Waals surface area contributed by atoms with E-state index in [4.69, 9.17) is 5.11 Å². The Morgan fingerprint density at radius 1 is 1.42 bits per heavy atom. The Labute approximate surface area is 147 Å². The summed E-state index contributed by atoms with van der Waals surface area (Å²) >= 11 is 1.65. The SMILES string of the molecule is CNc1nc(CN2CCCC3(CCC(=O)N(CCCO)C3)C2)cs1. The van der Waals surface area contributed by atoms with Crippen LogP contribution in [0.4, 0.5) is 5.13 Å². The van der Waals surface area contributed by atoms with E-state index < -0.39 is 0 Å². The van der Waals surface area contributed by atoms with Crippen LogP contribution >= 0.6 is 11.3 Å². The van der Waals surface area contributed by atoms with Crippen molar-refractivity contribution in [1.29, 1.82) is 0 Å². The largest absolute Gasteiger partial charge is 0.396 e. The van der Waals surface area contributed by atoms with Crippen molar-refractivity contribution in [3.8, 4) is 0 Å². The van der Waals surface area contributed by atoms with Crippen molar-refractivity contribution in [3.63, 3.8) is 0 Å². The van der Waals surface area contributed by atoms with Crippen molar-refractivity contribution >= 4 is 22.4 Å². The lowest BCUT2D eigenvalue weighted by molar-refractivity contribution is -0.139. The molecule has 134 valence electrons. The van der Waals surface area contributed by atoms with Crippen molar-refractivity contribution in [3.05, 3.63) is 11.1 Å². The summed E-state index contributed by atoms with van der Waals surface area (Å²) in [6.07, 6.45) is 4.71. The molecule has 1 amide bonds. The van der Waals surface area contributed by atoms with E-state index in [-0.39, 0.29) is 17.9 Å². The molecule has 2 fully saturated rings. The van der Waals surface area contributed by atoms with Crippen LogP contribution in [0, 0.1) is 5.41 Å². The van der Waals surface area contributed by atoms with E-state index in [1.165, 1.54) is 12.8 Å². The molecule has 1 spiro atoms. The highest BCUT2D eigenvalue weighted by molar-refractivity contribution is 7.13. The van der Waals surface area contributed by atoms with Gasteiger partial charge in [-0.05, 0) is 32.2 Å². The first-order chi connectivity index (χ1) is 11.6. The first kappa shape index (κ1) is 17.6. The van der Waals surface area contributed by atoms with Gasteiger partial charge in [0.05, 0.1) is 5.69 Å². The fraction of sp³-hybridized carbons (Fsp3) is 0.765. The zero-order valence-corrected chi connectivity index (χ0v) is 15.3. The van der Waals surface area contributed by atoms with Gasteiger partial charge in [-0.2, -0.15) is 0 Å². The number of aliphatic hydroxyl groups excluding tert-OH is 1. The summed E-state index contributed by atoms with van der Waals surface area (Å²) in [4.78, 5) is 21.2. The fourth-order valence-corrected chi connectivity index (χ4v) is 4.73. The normalized spacial score (nSPS) is 25.4. The molecule has 2 aliphatic heterocycles. The molecule has 1 aromatic rings. The Morgan fingerprint density at radius 3 is 3.04 bits per heavy atom. The van der Waals surface area contributed by atoms with Gasteiger partial charge in [-0.15, -0.1) is 11.3 Å². The van der Waals surface area contributed by atoms with Crippen molar-refractivity contribution in [1.82, 2.24) is 14.8 Å². The van der Waals surface area contributed by atoms with Crippen molar-refractivity contribution in [2.75, 3.05) is 45.2 Å². The van der Waals surface area contributed by atoms with Crippen LogP contribution in [0.1, 0.15) is 37.8 Å². The molecule has 0 aromatic carbocycles. The Hall–Kier alpha value is -1.18. The van der Waals surface area contributed by atoms with Crippen molar-refractivity contribution < 1.29 is 9.90 Å². The second-order valence-corrected chi connectivity index (χ2v) is 7.96. The lowest BCUT2D eigenvalue weighted by Crippen LogP contribution is -2.54. The minimum atomic E-state index is 0.153. The fourth-order valence-electron chi connectivity index (χ4n) is 4.07. The molecule has 1 atom stereocenters. The van der Waals surface area contributed by atoms with Crippen LogP contribution in [0.25, 0.3) is 0 Å². The molecule has 7 heteroatoms. The van der Waals surface area contributed by atoms with E-state index in [0.717, 1.165) is 43.4 Å². The van der Waals surface area contributed by atoms with E-state index in [2.05, 4.69) is 20.6 Å². The number of anilines is 1. The summed E-state index contributed by atoms with van der Waals surface area (Å²) in [6.45, 7) is 4.74. The molecule has 0 aliphatic carbocycles. The topological polar surface area (TPSA) is 68.7 Å². The highest BCUT2D eigenvalue weighted by Gasteiger charge is 2.41. The van der Waals surface area contributed by atoms with Crippen LogP contribution in [-0.2, 0) is 11.3 Å². The third-order valence-corrected chi connectivity index (χ3v) is 6.13. The van der Waals surface area contributed by atoms with Gasteiger partial charge in [0.1, 0.15) is 0 Å². The smallest absolute Gasteiger partial charge is 0.222 e. The van der Waals surface area contributed by atoms with Gasteiger partial charge in [0.25, 0.3) is 0 Å². The molecule has 0 saturated carbocycles. The van der Waals surface area contributed by atoms with E-state index in [1.54, 1.807) is 11.3 Å². The number of likely N-dealkylation sites (tertiary alicyclic amines) is 2. The number of nitrogens with zero attached hydrogens (tertiary/aromatic N) is 3. The number of carbonyl (C=O) groups is 1. The van der Waals surface area contributed by atoms with Gasteiger partial charge in [-0.3, -0.25) is 9.69 Å². The zero-order chi connectivity index (χ0) is 17.0. The quantitative estimate of drug-likeness (QED) is 0.817. The lowest BCUT2D eigenvalue weighted by atomic mass is 9.73. The van der Waals surface area contributed by atoms with Crippen LogP contribution in [0.3, 0.4) is 0 Å². The summed E-state index contributed by atoms with van der Waals surface area (Å²) in [7, 11) is 1.90. The predicted octanol–water partition coefficient (Wildman–Crippen LogP) is 1.77. The maximum absolute atomic E-state index is 12.1. The monoisotopic (exact) mass is 352 g/mol. The number of piperidine rings is 2. The number of rotatable bonds is 6. The second kappa shape index (κ2) is 7.80. The zero-order valence-electron chi connectivity index (χ0n) is 14.5. The average molecular weight is 353 g/mol. The first-order valence-electron chi connectivity index (χ1n) is 8.87. The van der Waals surface area contributed by atoms with Crippen LogP contribution in [0.15, 0.2) is 5.38 Å². The number of hydrogen-bond acceptors (Lipinski definition) is 6. The van der Waals surface area contributed by atoms with Gasteiger partial charge >= 0.3 is 0 Å². The van der Waals surface area contributed by atoms with Gasteiger partial charge in [0.15, 0.2) is 5.13 Å². The third kappa shape index (κ3) is 4.07. The summed E-state index contributed by atoms with van der Waals surface area (Å²) in [5.41, 5.74) is 1.36. The maximum Gasteiger partial charge on any atom is 0.222 e. The van der Waals surface area contributed by atoms with Gasteiger partial charge in [-0.1, -0.05) is 0 Å². The molecule has 0 bridgehead atoms. The van der Waals surface area contributed by atoms with E-state index in [0.29, 0.717) is 19.4 Å². The minimum absolute atomic E-state index is 0.153. The molecular formula is C17H28N4O2S. The Kier molecular flexibility index (Phi) is 5.73. The summed E-state index contributed by atoms with van der Waals surface area (Å²) in [5, 5.41) is 15.2. The number of amides is 1. The van der Waals surface area contributed by atoms with Gasteiger partial charge < -0.3 is 15.3 Å². The summed E-state index contributed by atoms with van der Waals surface area (Å²) in [5.74, 6) is 0.254. The van der Waals surface area contributed by atoms with Crippen molar-refractivity contribution in [2.24, 2.45) is 5.41 Å². The van der Waals surface area contributed by atoms with E-state index in [1.807, 2.05) is 11.9 Å². The number of aromatic nitrogens is 1. The molecule has 1 unspecified atom stereocenters. The van der Waals surface area contributed by atoms with Gasteiger partial charge in [-0.25, -0.2) is 4.98 Å². The lowest BCUT2D eigenvalue weighted by Gasteiger charge is -2.48. The molecule has 3 rings (SSSR count). The molecule has 24 heavy (non-hydrogen) atoms. The summed E-state index contributed by atoms with van der Waals surface area (Å²) in [6, 6.07) is 0. The summed E-state index contributed by atoms with van der Waals surface area (Å²) < 4.78 is 0. The van der Waals surface area contributed by atoms with Crippen LogP contribution in [0.5, 0.6) is 0 Å². The number of thiazole rings is 1. The third-order valence-electron chi connectivity index (χ3n) is 5.23. The molecule has 3 heterocycles. The van der Waals surface area contributed by atoms with Crippen LogP contribution in [-0.4, -0.2) is 65.6 Å². The van der Waals surface area contributed by atoms with Crippen molar-refractivity contribution in [2.45, 2.75) is 38.6 Å². The molecular weight excluding hydrogens is 324 g/mol. The van der Waals surface area contributed by atoms with Gasteiger partial charge in [0.2, 0.25) is 5.91 Å².